The van der Waals surface area contributed by atoms with Crippen molar-refractivity contribution < 1.29 is 4.74 Å². The molecule has 0 amide bonds. The molecule has 0 aliphatic carbocycles. The van der Waals surface area contributed by atoms with E-state index in [1.807, 2.05) is 6.07 Å². The molecule has 3 heteroatoms. The molecule has 1 aliphatic heterocycles. The average Bonchev–Trinajstić information content (AvgIpc) is 2.40. The lowest BCUT2D eigenvalue weighted by Gasteiger charge is -2.08. The Balaban J connectivity index is 2.19. The van der Waals surface area contributed by atoms with Gasteiger partial charge < -0.3 is 10.5 Å². The van der Waals surface area contributed by atoms with E-state index >= 15 is 0 Å². The van der Waals surface area contributed by atoms with Crippen LogP contribution in [0, 0.1) is 11.3 Å². The minimum absolute atomic E-state index is 0.245. The highest BCUT2D eigenvalue weighted by atomic mass is 16.5. The van der Waals surface area contributed by atoms with Crippen LogP contribution in [0.1, 0.15) is 19.3 Å². The summed E-state index contributed by atoms with van der Waals surface area (Å²) >= 11 is 0. The predicted octanol–water partition coefficient (Wildman–Crippen LogP) is 0.406. The largest absolute Gasteiger partial charge is 0.378 e. The van der Waals surface area contributed by atoms with E-state index in [-0.39, 0.29) is 12.1 Å². The normalized spacial score (nSPS) is 27.8. The van der Waals surface area contributed by atoms with Gasteiger partial charge in [0.15, 0.2) is 0 Å². The standard InChI is InChI=1S/C7H12N2O/c8-5-6(9)4-7-2-1-3-10-7/h6-7H,1-4,9H2/t6-,7-/m1/s1. The third-order valence-corrected chi connectivity index (χ3v) is 1.71. The summed E-state index contributed by atoms with van der Waals surface area (Å²) in [6.07, 6.45) is 3.11. The lowest BCUT2D eigenvalue weighted by molar-refractivity contribution is 0.102. The van der Waals surface area contributed by atoms with Gasteiger partial charge in [0.1, 0.15) is 0 Å². The Morgan fingerprint density at radius 1 is 1.80 bits per heavy atom. The molecule has 1 fully saturated rings. The van der Waals surface area contributed by atoms with Gasteiger partial charge in [-0.1, -0.05) is 0 Å². The van der Waals surface area contributed by atoms with Gasteiger partial charge in [-0.15, -0.1) is 0 Å². The van der Waals surface area contributed by atoms with E-state index in [0.29, 0.717) is 6.42 Å². The van der Waals surface area contributed by atoms with E-state index in [2.05, 4.69) is 0 Å². The fourth-order valence-corrected chi connectivity index (χ4v) is 1.17. The number of ether oxygens (including phenoxy) is 1. The topological polar surface area (TPSA) is 59.0 Å². The molecule has 0 aromatic rings. The molecule has 3 nitrogen and oxygen atoms in total. The van der Waals surface area contributed by atoms with Crippen molar-refractivity contribution >= 4 is 0 Å². The van der Waals surface area contributed by atoms with Gasteiger partial charge in [-0.2, -0.15) is 5.26 Å². The van der Waals surface area contributed by atoms with Crippen molar-refractivity contribution in [1.29, 1.82) is 5.26 Å². The SMILES string of the molecule is N#C[C@H](N)C[C@H]1CCCO1. The molecule has 0 unspecified atom stereocenters. The van der Waals surface area contributed by atoms with Crippen molar-refractivity contribution in [3.8, 4) is 6.07 Å². The summed E-state index contributed by atoms with van der Waals surface area (Å²) in [5.74, 6) is 0. The minimum atomic E-state index is -0.344. The van der Waals surface area contributed by atoms with Crippen molar-refractivity contribution in [3.63, 3.8) is 0 Å². The minimum Gasteiger partial charge on any atom is -0.378 e. The third-order valence-electron chi connectivity index (χ3n) is 1.71. The second-order valence-corrected chi connectivity index (χ2v) is 2.61. The molecular formula is C7H12N2O. The Labute approximate surface area is 60.8 Å². The summed E-state index contributed by atoms with van der Waals surface area (Å²) in [5.41, 5.74) is 5.41. The fourth-order valence-electron chi connectivity index (χ4n) is 1.17. The van der Waals surface area contributed by atoms with Gasteiger partial charge in [0.05, 0.1) is 18.2 Å². The van der Waals surface area contributed by atoms with Gasteiger partial charge in [-0.25, -0.2) is 0 Å². The summed E-state index contributed by atoms with van der Waals surface area (Å²) in [5, 5.41) is 8.36. The van der Waals surface area contributed by atoms with Gasteiger partial charge in [-0.05, 0) is 12.8 Å². The van der Waals surface area contributed by atoms with Crippen LogP contribution >= 0.6 is 0 Å². The molecule has 0 aromatic carbocycles. The zero-order valence-electron chi connectivity index (χ0n) is 5.92. The van der Waals surface area contributed by atoms with Crippen LogP contribution in [0.15, 0.2) is 0 Å². The van der Waals surface area contributed by atoms with Crippen LogP contribution in [0.4, 0.5) is 0 Å². The molecule has 0 aromatic heterocycles. The highest BCUT2D eigenvalue weighted by molar-refractivity contribution is 4.89. The average molecular weight is 140 g/mol. The zero-order chi connectivity index (χ0) is 7.40. The van der Waals surface area contributed by atoms with E-state index in [4.69, 9.17) is 15.7 Å². The summed E-state index contributed by atoms with van der Waals surface area (Å²) in [6, 6.07) is 1.65. The molecule has 1 aliphatic rings. The Morgan fingerprint density at radius 3 is 3.10 bits per heavy atom. The fraction of sp³-hybridized carbons (Fsp3) is 0.857. The molecule has 0 saturated carbocycles. The smallest absolute Gasteiger partial charge is 0.0952 e. The highest BCUT2D eigenvalue weighted by Crippen LogP contribution is 2.15. The number of rotatable bonds is 2. The molecule has 2 atom stereocenters. The van der Waals surface area contributed by atoms with E-state index < -0.39 is 0 Å². The summed E-state index contributed by atoms with van der Waals surface area (Å²) in [6.45, 7) is 0.836. The van der Waals surface area contributed by atoms with Crippen molar-refractivity contribution in [3.05, 3.63) is 0 Å². The van der Waals surface area contributed by atoms with Crippen molar-refractivity contribution in [2.24, 2.45) is 5.73 Å². The zero-order valence-corrected chi connectivity index (χ0v) is 5.92. The monoisotopic (exact) mass is 140 g/mol. The number of hydrogen-bond acceptors (Lipinski definition) is 3. The molecule has 1 saturated heterocycles. The van der Waals surface area contributed by atoms with Gasteiger partial charge in [0, 0.05) is 13.0 Å². The van der Waals surface area contributed by atoms with E-state index in [0.717, 1.165) is 19.4 Å². The van der Waals surface area contributed by atoms with Crippen LogP contribution in [0.25, 0.3) is 0 Å². The number of nitrogens with zero attached hydrogens (tertiary/aromatic N) is 1. The summed E-state index contributed by atoms with van der Waals surface area (Å²) in [7, 11) is 0. The van der Waals surface area contributed by atoms with Crippen molar-refractivity contribution in [2.75, 3.05) is 6.61 Å². The first-order valence-electron chi connectivity index (χ1n) is 3.59. The Kier molecular flexibility index (Phi) is 2.67. The maximum absolute atomic E-state index is 8.36. The highest BCUT2D eigenvalue weighted by Gasteiger charge is 2.17. The quantitative estimate of drug-likeness (QED) is 0.604. The van der Waals surface area contributed by atoms with E-state index in [1.165, 1.54) is 0 Å². The Hall–Kier alpha value is -0.590. The summed E-state index contributed by atoms with van der Waals surface area (Å²) < 4.78 is 5.29. The number of hydrogen-bond donors (Lipinski definition) is 1. The molecule has 0 spiro atoms. The van der Waals surface area contributed by atoms with Crippen LogP contribution < -0.4 is 5.73 Å². The summed E-state index contributed by atoms with van der Waals surface area (Å²) in [4.78, 5) is 0. The lowest BCUT2D eigenvalue weighted by atomic mass is 10.1. The predicted molar refractivity (Wildman–Crippen MR) is 37.2 cm³/mol. The molecule has 0 bridgehead atoms. The maximum Gasteiger partial charge on any atom is 0.0952 e. The van der Waals surface area contributed by atoms with Crippen molar-refractivity contribution in [2.45, 2.75) is 31.4 Å². The first-order chi connectivity index (χ1) is 4.83. The third kappa shape index (κ3) is 1.98. The van der Waals surface area contributed by atoms with Crippen LogP contribution in [0.5, 0.6) is 0 Å². The van der Waals surface area contributed by atoms with Crippen LogP contribution in [0.2, 0.25) is 0 Å². The second kappa shape index (κ2) is 3.55. The van der Waals surface area contributed by atoms with E-state index in [9.17, 15) is 0 Å². The lowest BCUT2D eigenvalue weighted by Crippen LogP contribution is -2.23. The van der Waals surface area contributed by atoms with Crippen LogP contribution in [0.3, 0.4) is 0 Å². The molecule has 0 radical (unpaired) electrons. The number of nitrogens with two attached hydrogens (primary N) is 1. The molecule has 10 heavy (non-hydrogen) atoms. The first kappa shape index (κ1) is 7.52. The van der Waals surface area contributed by atoms with Gasteiger partial charge in [-0.3, -0.25) is 0 Å². The van der Waals surface area contributed by atoms with Crippen LogP contribution in [-0.2, 0) is 4.74 Å². The van der Waals surface area contributed by atoms with Gasteiger partial charge >= 0.3 is 0 Å². The Morgan fingerprint density at radius 2 is 2.60 bits per heavy atom. The van der Waals surface area contributed by atoms with E-state index in [1.54, 1.807) is 0 Å². The molecule has 2 N–H and O–H groups in total. The van der Waals surface area contributed by atoms with Crippen molar-refractivity contribution in [1.82, 2.24) is 0 Å². The Bertz CT molecular complexity index is 135. The molecule has 1 heterocycles. The van der Waals surface area contributed by atoms with Gasteiger partial charge in [0.2, 0.25) is 0 Å². The van der Waals surface area contributed by atoms with Crippen LogP contribution in [-0.4, -0.2) is 18.8 Å². The number of nitriles is 1. The molecule has 56 valence electrons. The maximum atomic E-state index is 8.36. The molecular weight excluding hydrogens is 128 g/mol. The first-order valence-corrected chi connectivity index (χ1v) is 3.59. The van der Waals surface area contributed by atoms with Gasteiger partial charge in [0.25, 0.3) is 0 Å². The molecule has 1 rings (SSSR count). The second-order valence-electron chi connectivity index (χ2n) is 2.61.